The minimum atomic E-state index is -0.374. The van der Waals surface area contributed by atoms with Crippen molar-refractivity contribution < 1.29 is 14.5 Å². The van der Waals surface area contributed by atoms with Crippen LogP contribution >= 0.6 is 23.2 Å². The maximum Gasteiger partial charge on any atom is 0.209 e. The summed E-state index contributed by atoms with van der Waals surface area (Å²) in [4.78, 5) is 16.5. The molecule has 0 unspecified atom stereocenters. The van der Waals surface area contributed by atoms with Crippen molar-refractivity contribution in [1.29, 1.82) is 0 Å². The van der Waals surface area contributed by atoms with E-state index in [0.717, 1.165) is 59.8 Å². The number of aliphatic hydroxyl groups is 1. The van der Waals surface area contributed by atoms with Crippen molar-refractivity contribution in [1.82, 2.24) is 0 Å². The van der Waals surface area contributed by atoms with Crippen LogP contribution in [0.3, 0.4) is 0 Å². The van der Waals surface area contributed by atoms with E-state index in [1.54, 1.807) is 0 Å². The molecule has 2 heterocycles. The van der Waals surface area contributed by atoms with Crippen molar-refractivity contribution in [3.05, 3.63) is 92.3 Å². The van der Waals surface area contributed by atoms with Gasteiger partial charge in [0, 0.05) is 57.5 Å². The lowest BCUT2D eigenvalue weighted by Gasteiger charge is -2.29. The van der Waals surface area contributed by atoms with Crippen molar-refractivity contribution in [2.75, 3.05) is 18.0 Å². The first-order chi connectivity index (χ1) is 26.9. The molecule has 4 nitrogen and oxygen atoms in total. The van der Waals surface area contributed by atoms with Crippen molar-refractivity contribution in [2.45, 2.75) is 181 Å². The Balaban J connectivity index is 1.33. The van der Waals surface area contributed by atoms with E-state index in [2.05, 4.69) is 75.3 Å². The summed E-state index contributed by atoms with van der Waals surface area (Å²) in [6.07, 6.45) is 29.6. The Labute approximate surface area is 350 Å². The summed E-state index contributed by atoms with van der Waals surface area (Å²) in [6, 6.07) is 12.3. The fourth-order valence-corrected chi connectivity index (χ4v) is 9.54. The number of rotatable bonds is 24. The molecule has 5 rings (SSSR count). The van der Waals surface area contributed by atoms with Gasteiger partial charge in [-0.1, -0.05) is 160 Å². The van der Waals surface area contributed by atoms with E-state index >= 15 is 0 Å². The van der Waals surface area contributed by atoms with Crippen molar-refractivity contribution in [3.8, 4) is 0 Å². The molecule has 306 valence electrons. The topological polar surface area (TPSA) is 43.5 Å². The number of carbonyl (C=O) groups is 1. The standard InChI is InChI=1S/C50H70Cl2N2O2/c1-7-9-11-13-15-17-19-21-23-25-31-53-43-29-27-37(51)33-41(43)49(3,4)45(53)35-39-47(55)40(48(39)56)36-46-50(5,6)42-34-38(52)28-30-44(42)54(46)32-26-24-22-20-18-16-14-12-10-8-2/h27-30,33-36H,7-26,31-32H2,1-6H3/p+1. The SMILES string of the molecule is CCCCCCCCCCCCN1/C(=C\C2=C(O)C(=C\C3=[N+](CCCCCCCCCCCC)c4ccc(Cl)cc4C3(C)C)/C2=O)C(C)(C)c2cc(Cl)ccc21. The molecule has 2 aromatic carbocycles. The lowest BCUT2D eigenvalue weighted by Crippen LogP contribution is -2.32. The number of allylic oxidation sites excluding steroid dienone is 5. The third kappa shape index (κ3) is 10.4. The monoisotopic (exact) mass is 801 g/mol. The summed E-state index contributed by atoms with van der Waals surface area (Å²) >= 11 is 13.1. The number of hydrogen-bond donors (Lipinski definition) is 1. The van der Waals surface area contributed by atoms with Crippen LogP contribution in [0.5, 0.6) is 0 Å². The Morgan fingerprint density at radius 1 is 0.643 bits per heavy atom. The number of hydrogen-bond acceptors (Lipinski definition) is 3. The Bertz CT molecular complexity index is 1800. The largest absolute Gasteiger partial charge is 0.506 e. The highest BCUT2D eigenvalue weighted by Crippen LogP contribution is 2.50. The van der Waals surface area contributed by atoms with Crippen molar-refractivity contribution >= 4 is 46.1 Å². The van der Waals surface area contributed by atoms with Crippen molar-refractivity contribution in [3.63, 3.8) is 0 Å². The van der Waals surface area contributed by atoms with E-state index in [0.29, 0.717) is 21.2 Å². The van der Waals surface area contributed by atoms with E-state index in [-0.39, 0.29) is 22.4 Å². The van der Waals surface area contributed by atoms with Crippen LogP contribution in [0, 0.1) is 0 Å². The van der Waals surface area contributed by atoms with Gasteiger partial charge in [-0.05, 0) is 68.7 Å². The lowest BCUT2D eigenvalue weighted by molar-refractivity contribution is -0.438. The quantitative estimate of drug-likeness (QED) is 0.0653. The number of carbonyl (C=O) groups excluding carboxylic acids is 1. The summed E-state index contributed by atoms with van der Waals surface area (Å²) in [7, 11) is 0. The van der Waals surface area contributed by atoms with Gasteiger partial charge >= 0.3 is 0 Å². The minimum absolute atomic E-state index is 0.0855. The van der Waals surface area contributed by atoms with Gasteiger partial charge in [0.1, 0.15) is 12.3 Å². The number of nitrogens with zero attached hydrogens (tertiary/aromatic N) is 2. The molecule has 0 amide bonds. The third-order valence-corrected chi connectivity index (χ3v) is 13.2. The van der Waals surface area contributed by atoms with Crippen LogP contribution in [0.25, 0.3) is 0 Å². The summed E-state index contributed by atoms with van der Waals surface area (Å²) in [5.74, 6) is -0.0165. The maximum absolute atomic E-state index is 14.1. The molecule has 1 N–H and O–H groups in total. The zero-order valence-corrected chi connectivity index (χ0v) is 37.2. The molecule has 3 aliphatic rings. The van der Waals surface area contributed by atoms with Crippen LogP contribution < -0.4 is 4.90 Å². The summed E-state index contributed by atoms with van der Waals surface area (Å²) < 4.78 is 2.37. The highest BCUT2D eigenvalue weighted by atomic mass is 35.5. The van der Waals surface area contributed by atoms with Crippen LogP contribution in [-0.4, -0.2) is 34.3 Å². The number of benzene rings is 2. The number of anilines is 1. The van der Waals surface area contributed by atoms with Gasteiger partial charge in [0.2, 0.25) is 11.5 Å². The molecule has 0 saturated carbocycles. The number of ketones is 1. The Kier molecular flexibility index (Phi) is 16.4. The van der Waals surface area contributed by atoms with Gasteiger partial charge in [0.15, 0.2) is 5.71 Å². The first kappa shape index (κ1) is 44.3. The Morgan fingerprint density at radius 2 is 1.14 bits per heavy atom. The molecule has 0 fully saturated rings. The number of halogens is 2. The number of unbranched alkanes of at least 4 members (excludes halogenated alkanes) is 18. The number of Topliss-reactive ketones (excluding diaryl/α,β-unsaturated/α-hetero) is 1. The molecule has 56 heavy (non-hydrogen) atoms. The van der Waals surface area contributed by atoms with Crippen LogP contribution in [0.4, 0.5) is 11.4 Å². The first-order valence-electron chi connectivity index (χ1n) is 22.4. The minimum Gasteiger partial charge on any atom is -0.506 e. The second kappa shape index (κ2) is 20.7. The zero-order chi connectivity index (χ0) is 40.3. The fraction of sp³-hybridized carbons (Fsp3) is 0.600. The first-order valence-corrected chi connectivity index (χ1v) is 23.1. The van der Waals surface area contributed by atoms with Gasteiger partial charge in [-0.25, -0.2) is 0 Å². The van der Waals surface area contributed by atoms with E-state index < -0.39 is 0 Å². The van der Waals surface area contributed by atoms with E-state index in [4.69, 9.17) is 23.2 Å². The van der Waals surface area contributed by atoms with Crippen molar-refractivity contribution in [2.24, 2.45) is 0 Å². The van der Waals surface area contributed by atoms with Gasteiger partial charge in [0.05, 0.1) is 16.6 Å². The molecule has 0 spiro atoms. The average Bonchev–Trinajstić information content (AvgIpc) is 3.50. The van der Waals surface area contributed by atoms with E-state index in [1.165, 1.54) is 116 Å². The molecule has 2 aliphatic heterocycles. The number of aliphatic hydroxyl groups excluding tert-OH is 1. The molecule has 6 heteroatoms. The van der Waals surface area contributed by atoms with Crippen LogP contribution in [-0.2, 0) is 15.6 Å². The van der Waals surface area contributed by atoms with Crippen LogP contribution in [0.15, 0.2) is 71.2 Å². The van der Waals surface area contributed by atoms with Gasteiger partial charge < -0.3 is 10.0 Å². The summed E-state index contributed by atoms with van der Waals surface area (Å²) in [5, 5.41) is 13.1. The van der Waals surface area contributed by atoms with Crippen LogP contribution in [0.1, 0.15) is 181 Å². The van der Waals surface area contributed by atoms with E-state index in [1.807, 2.05) is 24.3 Å². The molecule has 0 saturated heterocycles. The molecule has 0 aromatic heterocycles. The highest BCUT2D eigenvalue weighted by Gasteiger charge is 2.47. The lowest BCUT2D eigenvalue weighted by atomic mass is 9.77. The normalized spacial score (nSPS) is 18.4. The summed E-state index contributed by atoms with van der Waals surface area (Å²) in [5.41, 5.74) is 6.73. The molecule has 1 aliphatic carbocycles. The highest BCUT2D eigenvalue weighted by molar-refractivity contribution is 6.31. The molecule has 0 radical (unpaired) electrons. The zero-order valence-electron chi connectivity index (χ0n) is 35.7. The van der Waals surface area contributed by atoms with Gasteiger partial charge in [-0.2, -0.15) is 4.58 Å². The van der Waals surface area contributed by atoms with Gasteiger partial charge in [-0.15, -0.1) is 0 Å². The Hall–Kier alpha value is -2.82. The molecule has 0 atom stereocenters. The predicted molar refractivity (Wildman–Crippen MR) is 241 cm³/mol. The molecular weight excluding hydrogens is 731 g/mol. The second-order valence-electron chi connectivity index (χ2n) is 17.8. The smallest absolute Gasteiger partial charge is 0.209 e. The maximum atomic E-state index is 14.1. The summed E-state index contributed by atoms with van der Waals surface area (Å²) in [6.45, 7) is 15.1. The van der Waals surface area contributed by atoms with Gasteiger partial charge in [0.25, 0.3) is 0 Å². The average molecular weight is 803 g/mol. The third-order valence-electron chi connectivity index (χ3n) is 12.7. The molecule has 2 aromatic rings. The number of fused-ring (bicyclic) bond motifs is 2. The van der Waals surface area contributed by atoms with E-state index in [9.17, 15) is 9.90 Å². The second-order valence-corrected chi connectivity index (χ2v) is 18.7. The predicted octanol–water partition coefficient (Wildman–Crippen LogP) is 15.2. The van der Waals surface area contributed by atoms with Crippen LogP contribution in [0.2, 0.25) is 10.0 Å². The fourth-order valence-electron chi connectivity index (χ4n) is 9.20. The molecular formula is C50H71Cl2N2O2+. The molecule has 0 bridgehead atoms. The Morgan fingerprint density at radius 3 is 1.70 bits per heavy atom. The van der Waals surface area contributed by atoms with Gasteiger partial charge in [-0.3, -0.25) is 4.79 Å².